The van der Waals surface area contributed by atoms with Crippen molar-refractivity contribution in [1.82, 2.24) is 20.1 Å². The van der Waals surface area contributed by atoms with E-state index in [1.165, 1.54) is 17.3 Å². The fraction of sp³-hybridized carbons (Fsp3) is 0.125. The second kappa shape index (κ2) is 9.41. The topological polar surface area (TPSA) is 59.8 Å². The van der Waals surface area contributed by atoms with Crippen LogP contribution in [0.4, 0.5) is 0 Å². The highest BCUT2D eigenvalue weighted by atomic mass is 32.2. The number of para-hydroxylation sites is 1. The van der Waals surface area contributed by atoms with Gasteiger partial charge in [-0.25, -0.2) is 0 Å². The van der Waals surface area contributed by atoms with Crippen LogP contribution in [0.25, 0.3) is 16.8 Å². The highest BCUT2D eigenvalue weighted by molar-refractivity contribution is 7.99. The van der Waals surface area contributed by atoms with Crippen molar-refractivity contribution >= 4 is 17.7 Å². The van der Waals surface area contributed by atoms with Crippen molar-refractivity contribution in [3.05, 3.63) is 96.8 Å². The maximum absolute atomic E-state index is 12.5. The third kappa shape index (κ3) is 4.78. The monoisotopic (exact) mass is 414 g/mol. The van der Waals surface area contributed by atoms with Crippen LogP contribution in [0.5, 0.6) is 0 Å². The molecule has 0 fully saturated rings. The van der Waals surface area contributed by atoms with Gasteiger partial charge in [0.1, 0.15) is 6.33 Å². The van der Waals surface area contributed by atoms with Crippen molar-refractivity contribution in [2.24, 2.45) is 0 Å². The molecule has 1 heterocycles. The number of amides is 1. The number of nitrogens with zero attached hydrogens (tertiary/aromatic N) is 3. The van der Waals surface area contributed by atoms with Gasteiger partial charge in [-0.1, -0.05) is 84.6 Å². The predicted octanol–water partition coefficient (Wildman–Crippen LogP) is 4.90. The van der Waals surface area contributed by atoms with E-state index in [4.69, 9.17) is 0 Å². The van der Waals surface area contributed by atoms with Gasteiger partial charge in [-0.05, 0) is 35.7 Å². The molecule has 30 heavy (non-hydrogen) atoms. The van der Waals surface area contributed by atoms with Gasteiger partial charge >= 0.3 is 0 Å². The van der Waals surface area contributed by atoms with E-state index < -0.39 is 0 Å². The van der Waals surface area contributed by atoms with Gasteiger partial charge in [0.15, 0.2) is 5.16 Å². The number of aromatic nitrogens is 3. The fourth-order valence-corrected chi connectivity index (χ4v) is 3.92. The summed E-state index contributed by atoms with van der Waals surface area (Å²) in [7, 11) is 0. The van der Waals surface area contributed by atoms with Crippen LogP contribution in [-0.4, -0.2) is 26.4 Å². The standard InChI is InChI=1S/C24H22N4OS/c1-18(19-12-14-21(15-13-19)20-8-4-2-5-9-20)26-23(29)16-30-24-27-25-17-28(24)22-10-6-3-7-11-22/h2-15,17-18H,16H2,1H3,(H,26,29). The van der Waals surface area contributed by atoms with Crippen LogP contribution in [0.1, 0.15) is 18.5 Å². The largest absolute Gasteiger partial charge is 0.349 e. The normalized spacial score (nSPS) is 11.8. The summed E-state index contributed by atoms with van der Waals surface area (Å²) in [6.07, 6.45) is 1.66. The number of hydrogen-bond acceptors (Lipinski definition) is 4. The maximum Gasteiger partial charge on any atom is 0.230 e. The Labute approximate surface area is 180 Å². The summed E-state index contributed by atoms with van der Waals surface area (Å²) in [5, 5.41) is 11.9. The highest BCUT2D eigenvalue weighted by Gasteiger charge is 2.13. The molecule has 1 aromatic heterocycles. The Morgan fingerprint density at radius 3 is 2.27 bits per heavy atom. The third-order valence-corrected chi connectivity index (χ3v) is 5.72. The summed E-state index contributed by atoms with van der Waals surface area (Å²) in [6, 6.07) is 28.3. The number of rotatable bonds is 7. The van der Waals surface area contributed by atoms with Crippen LogP contribution in [0.2, 0.25) is 0 Å². The molecule has 4 aromatic rings. The molecule has 5 nitrogen and oxygen atoms in total. The smallest absolute Gasteiger partial charge is 0.230 e. The molecule has 0 radical (unpaired) electrons. The molecule has 1 N–H and O–H groups in total. The van der Waals surface area contributed by atoms with Crippen molar-refractivity contribution in [3.63, 3.8) is 0 Å². The number of benzene rings is 3. The summed E-state index contributed by atoms with van der Waals surface area (Å²) in [4.78, 5) is 12.5. The summed E-state index contributed by atoms with van der Waals surface area (Å²) < 4.78 is 1.88. The Morgan fingerprint density at radius 1 is 0.933 bits per heavy atom. The quantitative estimate of drug-likeness (QED) is 0.437. The van der Waals surface area contributed by atoms with Crippen LogP contribution in [0.3, 0.4) is 0 Å². The maximum atomic E-state index is 12.5. The second-order valence-electron chi connectivity index (χ2n) is 6.88. The molecule has 0 bridgehead atoms. The molecule has 0 saturated carbocycles. The minimum absolute atomic E-state index is 0.0396. The molecule has 6 heteroatoms. The molecule has 150 valence electrons. The molecule has 4 rings (SSSR count). The Bertz CT molecular complexity index is 1100. The molecule has 0 spiro atoms. The molecule has 0 aliphatic heterocycles. The second-order valence-corrected chi connectivity index (χ2v) is 7.83. The SMILES string of the molecule is CC(NC(=O)CSc1nncn1-c1ccccc1)c1ccc(-c2ccccc2)cc1. The summed E-state index contributed by atoms with van der Waals surface area (Å²) in [5.41, 5.74) is 4.38. The van der Waals surface area contributed by atoms with E-state index in [1.807, 2.05) is 60.0 Å². The van der Waals surface area contributed by atoms with E-state index in [-0.39, 0.29) is 17.7 Å². The molecular weight excluding hydrogens is 392 g/mol. The predicted molar refractivity (Wildman–Crippen MR) is 121 cm³/mol. The molecule has 0 saturated heterocycles. The van der Waals surface area contributed by atoms with Gasteiger partial charge in [0.25, 0.3) is 0 Å². The number of hydrogen-bond donors (Lipinski definition) is 1. The van der Waals surface area contributed by atoms with Crippen LogP contribution >= 0.6 is 11.8 Å². The van der Waals surface area contributed by atoms with Crippen molar-refractivity contribution in [2.45, 2.75) is 18.1 Å². The molecule has 3 aromatic carbocycles. The number of nitrogens with one attached hydrogen (secondary N) is 1. The van der Waals surface area contributed by atoms with E-state index in [2.05, 4.69) is 51.9 Å². The zero-order valence-corrected chi connectivity index (χ0v) is 17.4. The summed E-state index contributed by atoms with van der Waals surface area (Å²) >= 11 is 1.37. The lowest BCUT2D eigenvalue weighted by molar-refractivity contribution is -0.119. The van der Waals surface area contributed by atoms with Crippen molar-refractivity contribution in [2.75, 3.05) is 5.75 Å². The Kier molecular flexibility index (Phi) is 6.25. The molecule has 1 amide bonds. The van der Waals surface area contributed by atoms with Crippen LogP contribution in [0.15, 0.2) is 96.4 Å². The molecule has 0 aliphatic carbocycles. The van der Waals surface area contributed by atoms with E-state index in [1.54, 1.807) is 6.33 Å². The van der Waals surface area contributed by atoms with Gasteiger partial charge in [0.2, 0.25) is 5.91 Å². The van der Waals surface area contributed by atoms with Gasteiger partial charge in [0, 0.05) is 5.69 Å². The van der Waals surface area contributed by atoms with Crippen molar-refractivity contribution in [3.8, 4) is 16.8 Å². The average molecular weight is 415 g/mol. The Balaban J connectivity index is 1.34. The van der Waals surface area contributed by atoms with Gasteiger partial charge < -0.3 is 5.32 Å². The Morgan fingerprint density at radius 2 is 1.57 bits per heavy atom. The number of carbonyl (C=O) groups excluding carboxylic acids is 1. The molecule has 1 atom stereocenters. The first-order chi connectivity index (χ1) is 14.7. The molecule has 0 aliphatic rings. The van der Waals surface area contributed by atoms with Crippen molar-refractivity contribution in [1.29, 1.82) is 0 Å². The zero-order valence-electron chi connectivity index (χ0n) is 16.6. The minimum Gasteiger partial charge on any atom is -0.349 e. The zero-order chi connectivity index (χ0) is 20.8. The fourth-order valence-electron chi connectivity index (χ4n) is 3.18. The van der Waals surface area contributed by atoms with E-state index in [0.29, 0.717) is 5.16 Å². The van der Waals surface area contributed by atoms with E-state index >= 15 is 0 Å². The molecular formula is C24H22N4OS. The summed E-state index contributed by atoms with van der Waals surface area (Å²) in [5.74, 6) is 0.236. The first kappa shape index (κ1) is 19.9. The number of carbonyl (C=O) groups is 1. The number of thioether (sulfide) groups is 1. The van der Waals surface area contributed by atoms with E-state index in [9.17, 15) is 4.79 Å². The van der Waals surface area contributed by atoms with Crippen molar-refractivity contribution < 1.29 is 4.79 Å². The highest BCUT2D eigenvalue weighted by Crippen LogP contribution is 2.23. The third-order valence-electron chi connectivity index (χ3n) is 4.78. The van der Waals surface area contributed by atoms with E-state index in [0.717, 1.165) is 16.8 Å². The van der Waals surface area contributed by atoms with Gasteiger partial charge in [-0.2, -0.15) is 0 Å². The van der Waals surface area contributed by atoms with Gasteiger partial charge in [-0.3, -0.25) is 9.36 Å². The lowest BCUT2D eigenvalue weighted by Gasteiger charge is -2.15. The van der Waals surface area contributed by atoms with Gasteiger partial charge in [0.05, 0.1) is 11.8 Å². The first-order valence-corrected chi connectivity index (χ1v) is 10.7. The van der Waals surface area contributed by atoms with Crippen LogP contribution in [0, 0.1) is 0 Å². The average Bonchev–Trinajstić information content (AvgIpc) is 3.28. The Hall–Kier alpha value is -3.38. The lowest BCUT2D eigenvalue weighted by atomic mass is 10.0. The van der Waals surface area contributed by atoms with Crippen LogP contribution in [-0.2, 0) is 4.79 Å². The summed E-state index contributed by atoms with van der Waals surface area (Å²) in [6.45, 7) is 1.99. The minimum atomic E-state index is -0.0742. The van der Waals surface area contributed by atoms with Gasteiger partial charge in [-0.15, -0.1) is 10.2 Å². The lowest BCUT2D eigenvalue weighted by Crippen LogP contribution is -2.28. The first-order valence-electron chi connectivity index (χ1n) is 9.74. The molecule has 1 unspecified atom stereocenters. The van der Waals surface area contributed by atoms with Crippen LogP contribution < -0.4 is 5.32 Å².